The Balaban J connectivity index is 1.48. The SMILES string of the molecule is CCCCCCCCCCCCCCCCCC[N+]1(C(CC)c2ccccc2)CCCC1. The first kappa shape index (κ1) is 27.4. The molecule has 1 fully saturated rings. The first-order chi connectivity index (χ1) is 15.8. The van der Waals surface area contributed by atoms with Crippen molar-refractivity contribution in [2.24, 2.45) is 0 Å². The van der Waals surface area contributed by atoms with Gasteiger partial charge in [-0.25, -0.2) is 0 Å². The summed E-state index contributed by atoms with van der Waals surface area (Å²) < 4.78 is 1.37. The van der Waals surface area contributed by atoms with Crippen LogP contribution in [0, 0.1) is 0 Å². The quantitative estimate of drug-likeness (QED) is 0.139. The molecule has 0 spiro atoms. The summed E-state index contributed by atoms with van der Waals surface area (Å²) in [4.78, 5) is 0. The summed E-state index contributed by atoms with van der Waals surface area (Å²) in [5, 5.41) is 0. The number of unbranched alkanes of at least 4 members (excludes halogenated alkanes) is 15. The van der Waals surface area contributed by atoms with Gasteiger partial charge in [-0.05, 0) is 12.8 Å². The summed E-state index contributed by atoms with van der Waals surface area (Å²) in [7, 11) is 0. The highest BCUT2D eigenvalue weighted by molar-refractivity contribution is 5.17. The Morgan fingerprint density at radius 3 is 1.47 bits per heavy atom. The highest BCUT2D eigenvalue weighted by Gasteiger charge is 2.39. The number of benzene rings is 1. The molecule has 1 heteroatoms. The number of hydrogen-bond acceptors (Lipinski definition) is 0. The molecule has 1 aliphatic heterocycles. The molecule has 0 bridgehead atoms. The van der Waals surface area contributed by atoms with Gasteiger partial charge in [0.25, 0.3) is 0 Å². The van der Waals surface area contributed by atoms with Crippen molar-refractivity contribution in [2.75, 3.05) is 19.6 Å². The van der Waals surface area contributed by atoms with Crippen LogP contribution in [0.2, 0.25) is 0 Å². The van der Waals surface area contributed by atoms with Crippen LogP contribution in [0.3, 0.4) is 0 Å². The van der Waals surface area contributed by atoms with Gasteiger partial charge in [0.1, 0.15) is 6.04 Å². The second kappa shape index (κ2) is 17.6. The minimum Gasteiger partial charge on any atom is -0.317 e. The summed E-state index contributed by atoms with van der Waals surface area (Å²) in [5.74, 6) is 0. The number of nitrogens with zero attached hydrogens (tertiary/aromatic N) is 1. The molecule has 0 radical (unpaired) electrons. The van der Waals surface area contributed by atoms with Crippen molar-refractivity contribution < 1.29 is 4.48 Å². The van der Waals surface area contributed by atoms with Crippen molar-refractivity contribution in [1.82, 2.24) is 0 Å². The predicted octanol–water partition coefficient (Wildman–Crippen LogP) is 10.0. The van der Waals surface area contributed by atoms with Gasteiger partial charge in [0.05, 0.1) is 19.6 Å². The van der Waals surface area contributed by atoms with Crippen LogP contribution >= 0.6 is 0 Å². The van der Waals surface area contributed by atoms with Crippen LogP contribution in [0.4, 0.5) is 0 Å². The highest BCUT2D eigenvalue weighted by Crippen LogP contribution is 2.37. The molecule has 0 amide bonds. The monoisotopic (exact) mass is 442 g/mol. The second-order valence-electron chi connectivity index (χ2n) is 10.7. The summed E-state index contributed by atoms with van der Waals surface area (Å²) in [6.45, 7) is 8.94. The van der Waals surface area contributed by atoms with Crippen LogP contribution < -0.4 is 0 Å². The predicted molar refractivity (Wildman–Crippen MR) is 143 cm³/mol. The van der Waals surface area contributed by atoms with Crippen LogP contribution in [0.5, 0.6) is 0 Å². The summed E-state index contributed by atoms with van der Waals surface area (Å²) >= 11 is 0. The molecule has 1 unspecified atom stereocenters. The summed E-state index contributed by atoms with van der Waals surface area (Å²) in [5.41, 5.74) is 1.58. The molecule has 1 aromatic rings. The minimum absolute atomic E-state index is 0.718. The Kier molecular flexibility index (Phi) is 15.1. The van der Waals surface area contributed by atoms with Gasteiger partial charge in [0, 0.05) is 24.8 Å². The zero-order valence-corrected chi connectivity index (χ0v) is 22.0. The van der Waals surface area contributed by atoms with Crippen molar-refractivity contribution in [2.45, 2.75) is 142 Å². The first-order valence-electron chi connectivity index (χ1n) is 14.7. The lowest BCUT2D eigenvalue weighted by Gasteiger charge is -2.42. The van der Waals surface area contributed by atoms with E-state index in [1.165, 1.54) is 146 Å². The van der Waals surface area contributed by atoms with E-state index in [-0.39, 0.29) is 0 Å². The summed E-state index contributed by atoms with van der Waals surface area (Å²) in [6.07, 6.45) is 27.5. The number of likely N-dealkylation sites (tertiary alicyclic amines) is 1. The maximum atomic E-state index is 2.41. The van der Waals surface area contributed by atoms with Crippen molar-refractivity contribution in [3.05, 3.63) is 35.9 Å². The average Bonchev–Trinajstić information content (AvgIpc) is 3.29. The molecule has 1 aromatic carbocycles. The van der Waals surface area contributed by atoms with Gasteiger partial charge in [-0.2, -0.15) is 0 Å². The van der Waals surface area contributed by atoms with E-state index in [0.29, 0.717) is 0 Å². The molecule has 32 heavy (non-hydrogen) atoms. The maximum absolute atomic E-state index is 2.41. The molecule has 0 N–H and O–H groups in total. The van der Waals surface area contributed by atoms with E-state index in [1.54, 1.807) is 5.56 Å². The first-order valence-corrected chi connectivity index (χ1v) is 14.7. The van der Waals surface area contributed by atoms with Gasteiger partial charge in [0.2, 0.25) is 0 Å². The number of hydrogen-bond donors (Lipinski definition) is 0. The van der Waals surface area contributed by atoms with E-state index in [9.17, 15) is 0 Å². The molecule has 0 aliphatic carbocycles. The number of rotatable bonds is 20. The molecule has 0 saturated carbocycles. The third kappa shape index (κ3) is 10.4. The van der Waals surface area contributed by atoms with E-state index in [0.717, 1.165) is 6.04 Å². The van der Waals surface area contributed by atoms with E-state index in [4.69, 9.17) is 0 Å². The van der Waals surface area contributed by atoms with Crippen LogP contribution in [-0.4, -0.2) is 24.1 Å². The fourth-order valence-corrected chi connectivity index (χ4v) is 6.25. The molecule has 1 saturated heterocycles. The zero-order valence-electron chi connectivity index (χ0n) is 22.0. The average molecular weight is 443 g/mol. The Hall–Kier alpha value is -0.820. The second-order valence-corrected chi connectivity index (χ2v) is 10.7. The topological polar surface area (TPSA) is 0 Å². The van der Waals surface area contributed by atoms with E-state index >= 15 is 0 Å². The van der Waals surface area contributed by atoms with Crippen LogP contribution in [0.25, 0.3) is 0 Å². The van der Waals surface area contributed by atoms with Crippen molar-refractivity contribution in [3.63, 3.8) is 0 Å². The largest absolute Gasteiger partial charge is 0.317 e. The van der Waals surface area contributed by atoms with Crippen LogP contribution in [0.15, 0.2) is 30.3 Å². The third-order valence-corrected chi connectivity index (χ3v) is 8.15. The molecule has 1 aliphatic rings. The fourth-order valence-electron chi connectivity index (χ4n) is 6.25. The zero-order chi connectivity index (χ0) is 22.7. The Labute approximate surface area is 202 Å². The van der Waals surface area contributed by atoms with Crippen LogP contribution in [0.1, 0.15) is 147 Å². The molecule has 1 nitrogen and oxygen atoms in total. The lowest BCUT2D eigenvalue weighted by molar-refractivity contribution is -0.946. The molecule has 1 heterocycles. The lowest BCUT2D eigenvalue weighted by atomic mass is 9.99. The van der Waals surface area contributed by atoms with Crippen molar-refractivity contribution in [3.8, 4) is 0 Å². The molecule has 2 rings (SSSR count). The van der Waals surface area contributed by atoms with E-state index in [1.807, 2.05) is 0 Å². The van der Waals surface area contributed by atoms with Gasteiger partial charge in [-0.3, -0.25) is 0 Å². The Bertz CT molecular complexity index is 531. The molecule has 0 aromatic heterocycles. The molecular formula is C31H56N+. The highest BCUT2D eigenvalue weighted by atomic mass is 15.4. The minimum atomic E-state index is 0.718. The van der Waals surface area contributed by atoms with Gasteiger partial charge in [-0.1, -0.05) is 134 Å². The molecular weight excluding hydrogens is 386 g/mol. The normalized spacial score (nSPS) is 16.4. The lowest BCUT2D eigenvalue weighted by Crippen LogP contribution is -2.48. The van der Waals surface area contributed by atoms with E-state index in [2.05, 4.69) is 44.2 Å². The van der Waals surface area contributed by atoms with Gasteiger partial charge in [-0.15, -0.1) is 0 Å². The smallest absolute Gasteiger partial charge is 0.114 e. The Morgan fingerprint density at radius 1 is 0.594 bits per heavy atom. The van der Waals surface area contributed by atoms with Gasteiger partial charge >= 0.3 is 0 Å². The van der Waals surface area contributed by atoms with Crippen LogP contribution in [-0.2, 0) is 0 Å². The maximum Gasteiger partial charge on any atom is 0.114 e. The van der Waals surface area contributed by atoms with Crippen molar-refractivity contribution in [1.29, 1.82) is 0 Å². The van der Waals surface area contributed by atoms with E-state index < -0.39 is 0 Å². The third-order valence-electron chi connectivity index (χ3n) is 8.15. The van der Waals surface area contributed by atoms with Gasteiger partial charge < -0.3 is 4.48 Å². The van der Waals surface area contributed by atoms with Gasteiger partial charge in [0.15, 0.2) is 0 Å². The summed E-state index contributed by atoms with van der Waals surface area (Å²) in [6, 6.07) is 12.1. The van der Waals surface area contributed by atoms with Crippen molar-refractivity contribution >= 4 is 0 Å². The standard InChI is InChI=1S/C31H56N/c1-3-5-6-7-8-9-10-11-12-13-14-15-16-17-18-22-27-32(28-23-24-29-32)31(4-2)30-25-20-19-21-26-30/h19-21,25-26,31H,3-18,22-24,27-29H2,1-2H3/q+1. The molecule has 184 valence electrons. The Morgan fingerprint density at radius 2 is 1.03 bits per heavy atom. The molecule has 1 atom stereocenters. The fraction of sp³-hybridized carbons (Fsp3) is 0.806. The number of quaternary nitrogens is 1.